The Labute approximate surface area is 76.0 Å². The Balaban J connectivity index is 2.53. The number of aromatic nitrogens is 3. The van der Waals surface area contributed by atoms with Crippen LogP contribution in [0.4, 0.5) is 5.82 Å². The van der Waals surface area contributed by atoms with E-state index in [-0.39, 0.29) is 0 Å². The third kappa shape index (κ3) is 1.38. The molecule has 0 fully saturated rings. The number of nitrogens with two attached hydrogens (primary N) is 1. The van der Waals surface area contributed by atoms with E-state index in [0.29, 0.717) is 5.82 Å². The first-order valence-corrected chi connectivity index (χ1v) is 4.01. The van der Waals surface area contributed by atoms with Gasteiger partial charge in [-0.05, 0) is 19.1 Å². The van der Waals surface area contributed by atoms with Crippen LogP contribution in [0.15, 0.2) is 30.5 Å². The van der Waals surface area contributed by atoms with Gasteiger partial charge < -0.3 is 5.73 Å². The molecule has 0 aliphatic rings. The molecular formula is C9H10N4. The summed E-state index contributed by atoms with van der Waals surface area (Å²) < 4.78 is 1.72. The second-order valence-electron chi connectivity index (χ2n) is 2.81. The van der Waals surface area contributed by atoms with Crippen LogP contribution in [0, 0.1) is 6.92 Å². The second-order valence-corrected chi connectivity index (χ2v) is 2.81. The van der Waals surface area contributed by atoms with Gasteiger partial charge in [0, 0.05) is 18.0 Å². The van der Waals surface area contributed by atoms with Crippen molar-refractivity contribution in [3.8, 4) is 5.82 Å². The molecule has 0 aliphatic heterocycles. The van der Waals surface area contributed by atoms with Crippen molar-refractivity contribution in [1.82, 2.24) is 14.8 Å². The van der Waals surface area contributed by atoms with Crippen LogP contribution in [0.5, 0.6) is 0 Å². The highest BCUT2D eigenvalue weighted by Gasteiger charge is 2.03. The van der Waals surface area contributed by atoms with Crippen LogP contribution in [-0.4, -0.2) is 14.8 Å². The number of nitrogen functional groups attached to an aromatic ring is 1. The molecule has 2 N–H and O–H groups in total. The van der Waals surface area contributed by atoms with Crippen molar-refractivity contribution in [2.45, 2.75) is 6.92 Å². The molecule has 0 aliphatic carbocycles. The molecule has 0 atom stereocenters. The van der Waals surface area contributed by atoms with E-state index in [0.717, 1.165) is 11.5 Å². The maximum Gasteiger partial charge on any atom is 0.153 e. The summed E-state index contributed by atoms with van der Waals surface area (Å²) in [5.74, 6) is 1.31. The van der Waals surface area contributed by atoms with Gasteiger partial charge in [0.15, 0.2) is 5.82 Å². The third-order valence-electron chi connectivity index (χ3n) is 1.77. The van der Waals surface area contributed by atoms with Crippen molar-refractivity contribution in [3.63, 3.8) is 0 Å². The summed E-state index contributed by atoms with van der Waals surface area (Å²) in [7, 11) is 0. The highest BCUT2D eigenvalue weighted by molar-refractivity contribution is 5.34. The van der Waals surface area contributed by atoms with Crippen LogP contribution in [0.2, 0.25) is 0 Å². The maximum absolute atomic E-state index is 5.56. The molecule has 2 aromatic rings. The molecule has 2 rings (SSSR count). The fourth-order valence-corrected chi connectivity index (χ4v) is 1.21. The molecule has 0 saturated carbocycles. The number of hydrogen-bond acceptors (Lipinski definition) is 3. The van der Waals surface area contributed by atoms with Crippen molar-refractivity contribution >= 4 is 5.82 Å². The Hall–Kier alpha value is -1.84. The molecule has 2 aromatic heterocycles. The summed E-state index contributed by atoms with van der Waals surface area (Å²) in [6.45, 7) is 1.94. The minimum Gasteiger partial charge on any atom is -0.382 e. The number of pyridine rings is 1. The first-order valence-electron chi connectivity index (χ1n) is 4.01. The van der Waals surface area contributed by atoms with Crippen LogP contribution >= 0.6 is 0 Å². The van der Waals surface area contributed by atoms with E-state index in [4.69, 9.17) is 5.73 Å². The van der Waals surface area contributed by atoms with Crippen LogP contribution in [0.1, 0.15) is 5.69 Å². The molecule has 66 valence electrons. The van der Waals surface area contributed by atoms with Crippen molar-refractivity contribution in [2.75, 3.05) is 5.73 Å². The monoisotopic (exact) mass is 174 g/mol. The molecule has 0 aromatic carbocycles. The fraction of sp³-hybridized carbons (Fsp3) is 0.111. The smallest absolute Gasteiger partial charge is 0.153 e. The molecule has 0 spiro atoms. The highest BCUT2D eigenvalue weighted by atomic mass is 15.3. The summed E-state index contributed by atoms with van der Waals surface area (Å²) in [5.41, 5.74) is 6.54. The summed E-state index contributed by atoms with van der Waals surface area (Å²) >= 11 is 0. The largest absolute Gasteiger partial charge is 0.382 e. The molecule has 13 heavy (non-hydrogen) atoms. The van der Waals surface area contributed by atoms with Gasteiger partial charge in [-0.1, -0.05) is 6.07 Å². The Morgan fingerprint density at radius 1 is 1.38 bits per heavy atom. The third-order valence-corrected chi connectivity index (χ3v) is 1.77. The van der Waals surface area contributed by atoms with Gasteiger partial charge in [0.05, 0.1) is 0 Å². The van der Waals surface area contributed by atoms with E-state index in [1.54, 1.807) is 10.9 Å². The Kier molecular flexibility index (Phi) is 1.73. The zero-order chi connectivity index (χ0) is 9.26. The van der Waals surface area contributed by atoms with Crippen LogP contribution in [0.3, 0.4) is 0 Å². The van der Waals surface area contributed by atoms with E-state index in [1.165, 1.54) is 0 Å². The highest BCUT2D eigenvalue weighted by Crippen LogP contribution is 2.09. The Morgan fingerprint density at radius 2 is 2.23 bits per heavy atom. The molecule has 4 heteroatoms. The Bertz CT molecular complexity index is 405. The SMILES string of the molecule is Cc1cc(N)nn1-c1ccccn1. The number of anilines is 1. The van der Waals surface area contributed by atoms with Gasteiger partial charge in [0.2, 0.25) is 0 Å². The molecule has 4 nitrogen and oxygen atoms in total. The zero-order valence-electron chi connectivity index (χ0n) is 7.31. The van der Waals surface area contributed by atoms with Crippen LogP contribution in [0.25, 0.3) is 5.82 Å². The van der Waals surface area contributed by atoms with Gasteiger partial charge in [-0.15, -0.1) is 5.10 Å². The zero-order valence-corrected chi connectivity index (χ0v) is 7.31. The van der Waals surface area contributed by atoms with Crippen LogP contribution in [-0.2, 0) is 0 Å². The summed E-state index contributed by atoms with van der Waals surface area (Å²) in [6, 6.07) is 7.49. The first-order chi connectivity index (χ1) is 6.27. The predicted molar refractivity (Wildman–Crippen MR) is 50.5 cm³/mol. The molecular weight excluding hydrogens is 164 g/mol. The first kappa shape index (κ1) is 7.79. The topological polar surface area (TPSA) is 56.7 Å². The van der Waals surface area contributed by atoms with Crippen molar-refractivity contribution in [2.24, 2.45) is 0 Å². The van der Waals surface area contributed by atoms with Gasteiger partial charge in [0.25, 0.3) is 0 Å². The van der Waals surface area contributed by atoms with E-state index >= 15 is 0 Å². The van der Waals surface area contributed by atoms with E-state index in [2.05, 4.69) is 10.1 Å². The fourth-order valence-electron chi connectivity index (χ4n) is 1.21. The number of rotatable bonds is 1. The molecule has 0 saturated heterocycles. The molecule has 2 heterocycles. The number of hydrogen-bond donors (Lipinski definition) is 1. The van der Waals surface area contributed by atoms with Crippen molar-refractivity contribution in [1.29, 1.82) is 0 Å². The Morgan fingerprint density at radius 3 is 2.77 bits per heavy atom. The lowest BCUT2D eigenvalue weighted by molar-refractivity contribution is 0.821. The summed E-state index contributed by atoms with van der Waals surface area (Å²) in [6.07, 6.45) is 1.73. The quantitative estimate of drug-likeness (QED) is 0.705. The minimum absolute atomic E-state index is 0.517. The normalized spacial score (nSPS) is 10.2. The molecule has 0 radical (unpaired) electrons. The van der Waals surface area contributed by atoms with E-state index < -0.39 is 0 Å². The predicted octanol–water partition coefficient (Wildman–Crippen LogP) is 1.16. The lowest BCUT2D eigenvalue weighted by Crippen LogP contribution is -2.01. The molecule has 0 unspecified atom stereocenters. The molecule has 0 bridgehead atoms. The lowest BCUT2D eigenvalue weighted by Gasteiger charge is -2.00. The van der Waals surface area contributed by atoms with Gasteiger partial charge >= 0.3 is 0 Å². The molecule has 0 amide bonds. The maximum atomic E-state index is 5.56. The minimum atomic E-state index is 0.517. The van der Waals surface area contributed by atoms with Crippen molar-refractivity contribution < 1.29 is 0 Å². The number of nitrogens with zero attached hydrogens (tertiary/aromatic N) is 3. The standard InChI is InChI=1S/C9H10N4/c1-7-6-8(10)12-13(7)9-4-2-3-5-11-9/h2-6H,1H3,(H2,10,12). The second kappa shape index (κ2) is 2.90. The average Bonchev–Trinajstić information content (AvgIpc) is 2.47. The van der Waals surface area contributed by atoms with E-state index in [9.17, 15) is 0 Å². The van der Waals surface area contributed by atoms with Gasteiger partial charge in [-0.25, -0.2) is 9.67 Å². The van der Waals surface area contributed by atoms with Gasteiger partial charge in [0.1, 0.15) is 5.82 Å². The summed E-state index contributed by atoms with van der Waals surface area (Å²) in [4.78, 5) is 4.17. The van der Waals surface area contributed by atoms with Gasteiger partial charge in [-0.3, -0.25) is 0 Å². The van der Waals surface area contributed by atoms with E-state index in [1.807, 2.05) is 31.2 Å². The van der Waals surface area contributed by atoms with Crippen molar-refractivity contribution in [3.05, 3.63) is 36.2 Å². The number of aryl methyl sites for hydroxylation is 1. The average molecular weight is 174 g/mol. The summed E-state index contributed by atoms with van der Waals surface area (Å²) in [5, 5.41) is 4.11. The van der Waals surface area contributed by atoms with Gasteiger partial charge in [-0.2, -0.15) is 0 Å². The van der Waals surface area contributed by atoms with Crippen LogP contribution < -0.4 is 5.73 Å². The lowest BCUT2D eigenvalue weighted by atomic mass is 10.4.